The third kappa shape index (κ3) is 4.98. The highest BCUT2D eigenvalue weighted by Crippen LogP contribution is 2.24. The summed E-state index contributed by atoms with van der Waals surface area (Å²) in [6, 6.07) is -0.626. The van der Waals surface area contributed by atoms with Crippen LogP contribution in [0.15, 0.2) is 0 Å². The molecule has 4 N–H and O–H groups in total. The largest absolute Gasteiger partial charge is 0.344 e. The van der Waals surface area contributed by atoms with Crippen molar-refractivity contribution in [1.82, 2.24) is 10.6 Å². The number of imide groups is 1. The molecule has 108 valence electrons. The van der Waals surface area contributed by atoms with Crippen LogP contribution in [0.1, 0.15) is 40.0 Å². The molecule has 6 nitrogen and oxygen atoms in total. The number of rotatable bonds is 4. The van der Waals surface area contributed by atoms with Crippen LogP contribution in [0.5, 0.6) is 0 Å². The molecule has 1 rings (SSSR count). The van der Waals surface area contributed by atoms with Crippen LogP contribution in [0.2, 0.25) is 0 Å². The molecular weight excluding hydrogens is 246 g/mol. The molecule has 1 aliphatic rings. The van der Waals surface area contributed by atoms with Crippen LogP contribution in [0.3, 0.4) is 0 Å². The highest BCUT2D eigenvalue weighted by Gasteiger charge is 2.31. The maximum Gasteiger partial charge on any atom is 0.249 e. The van der Waals surface area contributed by atoms with Gasteiger partial charge in [-0.3, -0.25) is 19.7 Å². The third-order valence-corrected chi connectivity index (χ3v) is 3.07. The summed E-state index contributed by atoms with van der Waals surface area (Å²) in [6.45, 7) is 6.36. The Bertz CT molecular complexity index is 374. The predicted molar refractivity (Wildman–Crippen MR) is 70.9 cm³/mol. The van der Waals surface area contributed by atoms with Gasteiger partial charge in [0.15, 0.2) is 0 Å². The minimum Gasteiger partial charge on any atom is -0.344 e. The average molecular weight is 269 g/mol. The first-order chi connectivity index (χ1) is 8.73. The van der Waals surface area contributed by atoms with Crippen molar-refractivity contribution in [3.63, 3.8) is 0 Å². The summed E-state index contributed by atoms with van der Waals surface area (Å²) < 4.78 is 0. The molecule has 2 unspecified atom stereocenters. The molecule has 19 heavy (non-hydrogen) atoms. The summed E-state index contributed by atoms with van der Waals surface area (Å²) >= 11 is 0. The van der Waals surface area contributed by atoms with Crippen molar-refractivity contribution in [2.24, 2.45) is 17.1 Å². The fraction of sp³-hybridized carbons (Fsp3) is 0.769. The summed E-state index contributed by atoms with van der Waals surface area (Å²) in [4.78, 5) is 34.7. The molecule has 0 aromatic rings. The summed E-state index contributed by atoms with van der Waals surface area (Å²) in [7, 11) is 0. The molecule has 3 amide bonds. The standard InChI is InChI=1S/C13H23N3O3/c1-13(2,3)6-8(7-14)11(18)15-9-4-5-10(17)16-12(9)19/h8-9H,4-7,14H2,1-3H3,(H,15,18)(H,16,17,19). The van der Waals surface area contributed by atoms with Gasteiger partial charge in [-0.05, 0) is 18.3 Å². The maximum atomic E-state index is 12.1. The van der Waals surface area contributed by atoms with Crippen molar-refractivity contribution in [1.29, 1.82) is 0 Å². The van der Waals surface area contributed by atoms with Crippen LogP contribution in [-0.2, 0) is 14.4 Å². The van der Waals surface area contributed by atoms with E-state index in [4.69, 9.17) is 5.73 Å². The monoisotopic (exact) mass is 269 g/mol. The fourth-order valence-electron chi connectivity index (χ4n) is 2.14. The van der Waals surface area contributed by atoms with Gasteiger partial charge in [0.2, 0.25) is 17.7 Å². The van der Waals surface area contributed by atoms with E-state index in [-0.39, 0.29) is 36.1 Å². The van der Waals surface area contributed by atoms with Crippen LogP contribution in [-0.4, -0.2) is 30.3 Å². The zero-order valence-electron chi connectivity index (χ0n) is 11.8. The smallest absolute Gasteiger partial charge is 0.249 e. The van der Waals surface area contributed by atoms with Gasteiger partial charge in [0.05, 0.1) is 5.92 Å². The number of hydrogen-bond acceptors (Lipinski definition) is 4. The summed E-state index contributed by atoms with van der Waals surface area (Å²) in [5.74, 6) is -1.26. The number of carbonyl (C=O) groups is 3. The lowest BCUT2D eigenvalue weighted by atomic mass is 9.84. The van der Waals surface area contributed by atoms with Gasteiger partial charge in [0.1, 0.15) is 6.04 Å². The van der Waals surface area contributed by atoms with Gasteiger partial charge < -0.3 is 11.1 Å². The molecule has 0 aromatic carbocycles. The van der Waals surface area contributed by atoms with Crippen LogP contribution >= 0.6 is 0 Å². The van der Waals surface area contributed by atoms with E-state index in [2.05, 4.69) is 10.6 Å². The molecule has 6 heteroatoms. The molecule has 1 aliphatic heterocycles. The van der Waals surface area contributed by atoms with Crippen molar-refractivity contribution in [3.8, 4) is 0 Å². The average Bonchev–Trinajstić information content (AvgIpc) is 2.28. The van der Waals surface area contributed by atoms with Gasteiger partial charge in [-0.25, -0.2) is 0 Å². The first-order valence-electron chi connectivity index (χ1n) is 6.57. The van der Waals surface area contributed by atoms with Gasteiger partial charge in [0.25, 0.3) is 0 Å². The number of piperidine rings is 1. The second-order valence-electron chi connectivity index (χ2n) is 6.21. The zero-order valence-corrected chi connectivity index (χ0v) is 11.8. The minimum absolute atomic E-state index is 0.00777. The molecule has 1 fully saturated rings. The van der Waals surface area contributed by atoms with Gasteiger partial charge in [-0.2, -0.15) is 0 Å². The van der Waals surface area contributed by atoms with E-state index >= 15 is 0 Å². The topological polar surface area (TPSA) is 101 Å². The van der Waals surface area contributed by atoms with Crippen molar-refractivity contribution in [2.75, 3.05) is 6.54 Å². The Hall–Kier alpha value is -1.43. The Labute approximate surface area is 113 Å². The molecule has 0 saturated carbocycles. The number of nitrogens with two attached hydrogens (primary N) is 1. The molecule has 2 atom stereocenters. The number of carbonyl (C=O) groups excluding carboxylic acids is 3. The normalized spacial score (nSPS) is 21.8. The highest BCUT2D eigenvalue weighted by atomic mass is 16.2. The molecule has 0 bridgehead atoms. The number of amides is 3. The van der Waals surface area contributed by atoms with E-state index < -0.39 is 11.9 Å². The van der Waals surface area contributed by atoms with E-state index in [9.17, 15) is 14.4 Å². The highest BCUT2D eigenvalue weighted by molar-refractivity contribution is 6.01. The number of hydrogen-bond donors (Lipinski definition) is 3. The summed E-state index contributed by atoms with van der Waals surface area (Å²) in [5.41, 5.74) is 5.62. The van der Waals surface area contributed by atoms with Gasteiger partial charge in [-0.1, -0.05) is 20.8 Å². The number of nitrogens with one attached hydrogen (secondary N) is 2. The zero-order chi connectivity index (χ0) is 14.6. The lowest BCUT2D eigenvalue weighted by molar-refractivity contribution is -0.138. The van der Waals surface area contributed by atoms with Crippen LogP contribution in [0.4, 0.5) is 0 Å². The minimum atomic E-state index is -0.626. The van der Waals surface area contributed by atoms with Crippen molar-refractivity contribution >= 4 is 17.7 Å². The first kappa shape index (κ1) is 15.6. The summed E-state index contributed by atoms with van der Waals surface area (Å²) in [6.07, 6.45) is 1.26. The quantitative estimate of drug-likeness (QED) is 0.621. The second kappa shape index (κ2) is 6.14. The molecule has 1 saturated heterocycles. The van der Waals surface area contributed by atoms with E-state index in [1.165, 1.54) is 0 Å². The molecule has 0 aromatic heterocycles. The molecule has 0 aliphatic carbocycles. The van der Waals surface area contributed by atoms with E-state index in [1.807, 2.05) is 20.8 Å². The fourth-order valence-corrected chi connectivity index (χ4v) is 2.14. The van der Waals surface area contributed by atoms with E-state index in [0.717, 1.165) is 0 Å². The van der Waals surface area contributed by atoms with Crippen molar-refractivity contribution in [3.05, 3.63) is 0 Å². The van der Waals surface area contributed by atoms with Gasteiger partial charge >= 0.3 is 0 Å². The summed E-state index contributed by atoms with van der Waals surface area (Å²) in [5, 5.41) is 4.90. The Morgan fingerprint density at radius 2 is 2.11 bits per heavy atom. The van der Waals surface area contributed by atoms with Crippen LogP contribution in [0, 0.1) is 11.3 Å². The Morgan fingerprint density at radius 3 is 2.58 bits per heavy atom. The maximum absolute atomic E-state index is 12.1. The van der Waals surface area contributed by atoms with Crippen molar-refractivity contribution < 1.29 is 14.4 Å². The SMILES string of the molecule is CC(C)(C)CC(CN)C(=O)NC1CCC(=O)NC1=O. The first-order valence-corrected chi connectivity index (χ1v) is 6.57. The van der Waals surface area contributed by atoms with Gasteiger partial charge in [0, 0.05) is 13.0 Å². The third-order valence-electron chi connectivity index (χ3n) is 3.07. The van der Waals surface area contributed by atoms with E-state index in [0.29, 0.717) is 12.8 Å². The van der Waals surface area contributed by atoms with Crippen molar-refractivity contribution in [2.45, 2.75) is 46.1 Å². The van der Waals surface area contributed by atoms with Crippen LogP contribution < -0.4 is 16.4 Å². The van der Waals surface area contributed by atoms with Gasteiger partial charge in [-0.15, -0.1) is 0 Å². The molecule has 0 spiro atoms. The Balaban J connectivity index is 2.57. The molecule has 1 heterocycles. The van der Waals surface area contributed by atoms with Crippen LogP contribution in [0.25, 0.3) is 0 Å². The van der Waals surface area contributed by atoms with E-state index in [1.54, 1.807) is 0 Å². The molecular formula is C13H23N3O3. The molecule has 0 radical (unpaired) electrons. The Morgan fingerprint density at radius 1 is 1.47 bits per heavy atom. The Kier molecular flexibility index (Phi) is 5.05. The second-order valence-corrected chi connectivity index (χ2v) is 6.21. The predicted octanol–water partition coefficient (Wildman–Crippen LogP) is -0.0811. The lowest BCUT2D eigenvalue weighted by Gasteiger charge is -2.27. The lowest BCUT2D eigenvalue weighted by Crippen LogP contribution is -2.54.